The van der Waals surface area contributed by atoms with Gasteiger partial charge in [0.15, 0.2) is 5.78 Å². The number of halogens is 1. The molecule has 2 unspecified atom stereocenters. The number of hydrogen-bond donors (Lipinski definition) is 1. The monoisotopic (exact) mass is 281 g/mol. The number of ketones is 1. The predicted octanol–water partition coefficient (Wildman–Crippen LogP) is 2.85. The molecule has 1 aromatic carbocycles. The van der Waals surface area contributed by atoms with Crippen LogP contribution >= 0.6 is 11.6 Å². The lowest BCUT2D eigenvalue weighted by molar-refractivity contribution is 0.0891. The highest BCUT2D eigenvalue weighted by molar-refractivity contribution is 6.31. The molecule has 19 heavy (non-hydrogen) atoms. The van der Waals surface area contributed by atoms with Crippen LogP contribution in [0.5, 0.6) is 0 Å². The molecule has 104 valence electrons. The molecular weight excluding hydrogens is 262 g/mol. The Balaban J connectivity index is 2.11. The zero-order valence-electron chi connectivity index (χ0n) is 11.4. The van der Waals surface area contributed by atoms with Crippen LogP contribution in [-0.2, 0) is 4.74 Å². The minimum Gasteiger partial charge on any atom is -0.379 e. The number of ether oxygens (including phenoxy) is 1. The third-order valence-corrected chi connectivity index (χ3v) is 3.94. The summed E-state index contributed by atoms with van der Waals surface area (Å²) in [5.74, 6) is 0.0123. The lowest BCUT2D eigenvalue weighted by atomic mass is 9.93. The second kappa shape index (κ2) is 6.51. The van der Waals surface area contributed by atoms with E-state index < -0.39 is 0 Å². The van der Waals surface area contributed by atoms with E-state index in [9.17, 15) is 4.79 Å². The maximum absolute atomic E-state index is 12.5. The van der Waals surface area contributed by atoms with Gasteiger partial charge < -0.3 is 10.1 Å². The largest absolute Gasteiger partial charge is 0.379 e. The summed E-state index contributed by atoms with van der Waals surface area (Å²) in [6, 6.07) is 5.61. The van der Waals surface area contributed by atoms with Crippen LogP contribution in [0.2, 0.25) is 5.02 Å². The number of hydrogen-bond acceptors (Lipinski definition) is 3. The van der Waals surface area contributed by atoms with E-state index in [0.717, 1.165) is 18.5 Å². The number of carbonyl (C=O) groups excluding carboxylic acids is 1. The second-order valence-electron chi connectivity index (χ2n) is 5.03. The van der Waals surface area contributed by atoms with E-state index >= 15 is 0 Å². The fraction of sp³-hybridized carbons (Fsp3) is 0.533. The molecule has 1 saturated heterocycles. The van der Waals surface area contributed by atoms with Crippen molar-refractivity contribution in [1.82, 2.24) is 5.32 Å². The van der Waals surface area contributed by atoms with Crippen LogP contribution in [0.25, 0.3) is 0 Å². The molecule has 0 aliphatic carbocycles. The maximum Gasteiger partial charge on any atom is 0.169 e. The first-order valence-electron chi connectivity index (χ1n) is 6.75. The normalized spacial score (nSPS) is 22.7. The molecule has 1 aromatic rings. The van der Waals surface area contributed by atoms with Crippen molar-refractivity contribution in [2.24, 2.45) is 5.92 Å². The summed E-state index contributed by atoms with van der Waals surface area (Å²) in [6.07, 6.45) is 1.05. The van der Waals surface area contributed by atoms with Gasteiger partial charge in [0.05, 0.1) is 19.1 Å². The third kappa shape index (κ3) is 3.35. The highest BCUT2D eigenvalue weighted by atomic mass is 35.5. The maximum atomic E-state index is 12.5. The van der Waals surface area contributed by atoms with Crippen LogP contribution in [0.1, 0.15) is 29.3 Å². The topological polar surface area (TPSA) is 38.3 Å². The summed E-state index contributed by atoms with van der Waals surface area (Å²) >= 11 is 6.09. The number of Topliss-reactive ketones (excluding diaryl/α,β-unsaturated/α-hetero) is 1. The average molecular weight is 282 g/mol. The Labute approximate surface area is 119 Å². The highest BCUT2D eigenvalue weighted by Gasteiger charge is 2.34. The minimum absolute atomic E-state index is 0.106. The molecule has 3 nitrogen and oxygen atoms in total. The van der Waals surface area contributed by atoms with Gasteiger partial charge in [-0.25, -0.2) is 0 Å². The van der Waals surface area contributed by atoms with E-state index in [0.29, 0.717) is 23.8 Å². The Hall–Kier alpha value is -0.900. The van der Waals surface area contributed by atoms with E-state index in [-0.39, 0.29) is 17.7 Å². The zero-order valence-corrected chi connectivity index (χ0v) is 12.2. The van der Waals surface area contributed by atoms with Crippen LogP contribution in [0.3, 0.4) is 0 Å². The van der Waals surface area contributed by atoms with E-state index in [4.69, 9.17) is 16.3 Å². The van der Waals surface area contributed by atoms with E-state index in [2.05, 4.69) is 12.2 Å². The third-order valence-electron chi connectivity index (χ3n) is 3.53. The standard InChI is InChI=1S/C15H20ClNO2/c1-3-6-17-14-9-19-8-12(14)15(18)11-5-4-10(2)13(16)7-11/h4-5,7,12,14,17H,3,6,8-9H2,1-2H3. The second-order valence-corrected chi connectivity index (χ2v) is 5.44. The van der Waals surface area contributed by atoms with E-state index in [1.807, 2.05) is 19.1 Å². The van der Waals surface area contributed by atoms with Gasteiger partial charge in [0, 0.05) is 16.6 Å². The Morgan fingerprint density at radius 1 is 1.47 bits per heavy atom. The molecule has 0 saturated carbocycles. The molecule has 1 heterocycles. The number of nitrogens with one attached hydrogen (secondary N) is 1. The lowest BCUT2D eigenvalue weighted by Gasteiger charge is -2.18. The molecule has 1 N–H and O–H groups in total. The highest BCUT2D eigenvalue weighted by Crippen LogP contribution is 2.23. The van der Waals surface area contributed by atoms with Gasteiger partial charge in [-0.1, -0.05) is 30.7 Å². The SMILES string of the molecule is CCCNC1COCC1C(=O)c1ccc(C)c(Cl)c1. The van der Waals surface area contributed by atoms with Crippen molar-refractivity contribution in [2.45, 2.75) is 26.3 Å². The summed E-state index contributed by atoms with van der Waals surface area (Å²) in [5, 5.41) is 4.02. The first-order chi connectivity index (χ1) is 9.13. The van der Waals surface area contributed by atoms with E-state index in [1.165, 1.54) is 0 Å². The molecule has 1 aliphatic rings. The van der Waals surface area contributed by atoms with Gasteiger partial charge in [-0.15, -0.1) is 0 Å². The molecule has 0 aromatic heterocycles. The Morgan fingerprint density at radius 2 is 2.26 bits per heavy atom. The van der Waals surface area contributed by atoms with Gasteiger partial charge in [-0.3, -0.25) is 4.79 Å². The van der Waals surface area contributed by atoms with Crippen LogP contribution in [0.4, 0.5) is 0 Å². The molecule has 1 fully saturated rings. The van der Waals surface area contributed by atoms with Crippen LogP contribution in [0, 0.1) is 12.8 Å². The summed E-state index contributed by atoms with van der Waals surface area (Å²) < 4.78 is 5.45. The minimum atomic E-state index is -0.106. The zero-order chi connectivity index (χ0) is 13.8. The quantitative estimate of drug-likeness (QED) is 0.844. The first-order valence-corrected chi connectivity index (χ1v) is 7.12. The molecule has 4 heteroatoms. The van der Waals surface area contributed by atoms with Crippen molar-refractivity contribution in [3.63, 3.8) is 0 Å². The van der Waals surface area contributed by atoms with Crippen LogP contribution in [-0.4, -0.2) is 31.6 Å². The fourth-order valence-electron chi connectivity index (χ4n) is 2.30. The van der Waals surface area contributed by atoms with Crippen molar-refractivity contribution in [3.05, 3.63) is 34.3 Å². The molecule has 1 aliphatic heterocycles. The summed E-state index contributed by atoms with van der Waals surface area (Å²) in [5.41, 5.74) is 1.66. The van der Waals surface area contributed by atoms with E-state index in [1.54, 1.807) is 6.07 Å². The molecule has 0 bridgehead atoms. The molecule has 0 amide bonds. The number of aryl methyl sites for hydroxylation is 1. The Morgan fingerprint density at radius 3 is 2.95 bits per heavy atom. The summed E-state index contributed by atoms with van der Waals surface area (Å²) in [6.45, 7) is 6.05. The van der Waals surface area contributed by atoms with Crippen LogP contribution in [0.15, 0.2) is 18.2 Å². The van der Waals surface area contributed by atoms with Gasteiger partial charge in [-0.2, -0.15) is 0 Å². The van der Waals surface area contributed by atoms with Crippen molar-refractivity contribution >= 4 is 17.4 Å². The fourth-order valence-corrected chi connectivity index (χ4v) is 2.48. The number of carbonyl (C=O) groups is 1. The first kappa shape index (κ1) is 14.5. The van der Waals surface area contributed by atoms with Crippen molar-refractivity contribution in [3.8, 4) is 0 Å². The van der Waals surface area contributed by atoms with Gasteiger partial charge >= 0.3 is 0 Å². The Kier molecular flexibility index (Phi) is 4.97. The molecule has 2 rings (SSSR count). The average Bonchev–Trinajstić information content (AvgIpc) is 2.87. The number of benzene rings is 1. The van der Waals surface area contributed by atoms with Crippen molar-refractivity contribution < 1.29 is 9.53 Å². The van der Waals surface area contributed by atoms with Crippen molar-refractivity contribution in [2.75, 3.05) is 19.8 Å². The molecule has 0 radical (unpaired) electrons. The van der Waals surface area contributed by atoms with Gasteiger partial charge in [0.2, 0.25) is 0 Å². The lowest BCUT2D eigenvalue weighted by Crippen LogP contribution is -2.39. The summed E-state index contributed by atoms with van der Waals surface area (Å²) in [7, 11) is 0. The molecular formula is C15H20ClNO2. The van der Waals surface area contributed by atoms with Gasteiger partial charge in [0.1, 0.15) is 0 Å². The molecule has 0 spiro atoms. The molecule has 2 atom stereocenters. The van der Waals surface area contributed by atoms with Gasteiger partial charge in [-0.05, 0) is 31.5 Å². The predicted molar refractivity (Wildman–Crippen MR) is 76.9 cm³/mol. The Bertz CT molecular complexity index is 461. The smallest absolute Gasteiger partial charge is 0.169 e. The van der Waals surface area contributed by atoms with Crippen LogP contribution < -0.4 is 5.32 Å². The number of rotatable bonds is 5. The summed E-state index contributed by atoms with van der Waals surface area (Å²) in [4.78, 5) is 12.5. The van der Waals surface area contributed by atoms with Crippen molar-refractivity contribution in [1.29, 1.82) is 0 Å². The van der Waals surface area contributed by atoms with Gasteiger partial charge in [0.25, 0.3) is 0 Å².